The van der Waals surface area contributed by atoms with Gasteiger partial charge in [0.25, 0.3) is 11.6 Å². The number of benzene rings is 2. The Hall–Kier alpha value is -4.11. The summed E-state index contributed by atoms with van der Waals surface area (Å²) in [6.45, 7) is 6.53. The number of thioether (sulfide) groups is 1. The van der Waals surface area contributed by atoms with Gasteiger partial charge in [-0.2, -0.15) is 0 Å². The highest BCUT2D eigenvalue weighted by Crippen LogP contribution is 2.36. The van der Waals surface area contributed by atoms with Crippen LogP contribution in [-0.2, 0) is 4.79 Å². The van der Waals surface area contributed by atoms with E-state index in [1.165, 1.54) is 22.7 Å². The van der Waals surface area contributed by atoms with Gasteiger partial charge in [0.1, 0.15) is 17.3 Å². The third kappa shape index (κ3) is 4.94. The third-order valence-corrected chi connectivity index (χ3v) is 5.85. The van der Waals surface area contributed by atoms with Gasteiger partial charge in [0, 0.05) is 18.7 Å². The number of nitro benzene ring substituents is 1. The zero-order valence-corrected chi connectivity index (χ0v) is 19.2. The molecule has 1 aliphatic rings. The number of rotatable bonds is 8. The maximum atomic E-state index is 13.0. The van der Waals surface area contributed by atoms with E-state index < -0.39 is 4.92 Å². The van der Waals surface area contributed by atoms with Crippen molar-refractivity contribution in [3.63, 3.8) is 0 Å². The van der Waals surface area contributed by atoms with Gasteiger partial charge in [-0.25, -0.2) is 4.99 Å². The first-order valence-corrected chi connectivity index (χ1v) is 11.3. The average Bonchev–Trinajstić information content (AvgIpc) is 3.41. The monoisotopic (exact) mass is 475 g/mol. The highest BCUT2D eigenvalue weighted by Gasteiger charge is 2.33. The predicted octanol–water partition coefficient (Wildman–Crippen LogP) is 6.04. The smallest absolute Gasteiger partial charge is 0.280 e. The molecule has 172 valence electrons. The summed E-state index contributed by atoms with van der Waals surface area (Å²) in [5.41, 5.74) is 1.00. The van der Waals surface area contributed by atoms with E-state index in [2.05, 4.69) is 11.6 Å². The van der Waals surface area contributed by atoms with Crippen LogP contribution in [0.4, 0.5) is 11.4 Å². The molecule has 0 N–H and O–H groups in total. The Bertz CT molecular complexity index is 1290. The fourth-order valence-electron chi connectivity index (χ4n) is 3.32. The molecule has 1 amide bonds. The van der Waals surface area contributed by atoms with Crippen molar-refractivity contribution in [2.75, 3.05) is 13.2 Å². The number of aliphatic imine (C=N–C) groups is 1. The average molecular weight is 476 g/mol. The Morgan fingerprint density at radius 3 is 2.65 bits per heavy atom. The third-order valence-electron chi connectivity index (χ3n) is 4.84. The Balaban J connectivity index is 1.61. The maximum Gasteiger partial charge on any atom is 0.280 e. The van der Waals surface area contributed by atoms with Gasteiger partial charge < -0.3 is 9.15 Å². The lowest BCUT2D eigenvalue weighted by atomic mass is 10.1. The molecule has 1 saturated heterocycles. The first kappa shape index (κ1) is 23.1. The van der Waals surface area contributed by atoms with Crippen molar-refractivity contribution < 1.29 is 18.9 Å². The fourth-order valence-corrected chi connectivity index (χ4v) is 4.31. The molecular weight excluding hydrogens is 454 g/mol. The molecule has 0 saturated carbocycles. The normalized spacial score (nSPS) is 15.8. The highest BCUT2D eigenvalue weighted by molar-refractivity contribution is 8.18. The van der Waals surface area contributed by atoms with Crippen LogP contribution in [0.2, 0.25) is 0 Å². The molecular formula is C25H21N3O5S. The summed E-state index contributed by atoms with van der Waals surface area (Å²) in [5.74, 6) is 1.28. The zero-order valence-electron chi connectivity index (χ0n) is 18.3. The number of nitrogens with zero attached hydrogens (tertiary/aromatic N) is 3. The van der Waals surface area contributed by atoms with Gasteiger partial charge in [-0.3, -0.25) is 19.8 Å². The van der Waals surface area contributed by atoms with E-state index in [1.807, 2.05) is 31.2 Å². The number of hydrogen-bond donors (Lipinski definition) is 0. The van der Waals surface area contributed by atoms with E-state index in [9.17, 15) is 14.9 Å². The number of para-hydroxylation sites is 1. The minimum Gasteiger partial charge on any atom is -0.494 e. The van der Waals surface area contributed by atoms with Crippen LogP contribution in [0.3, 0.4) is 0 Å². The van der Waals surface area contributed by atoms with Gasteiger partial charge in [-0.15, -0.1) is 6.58 Å². The van der Waals surface area contributed by atoms with Crippen LogP contribution in [0, 0.1) is 10.1 Å². The summed E-state index contributed by atoms with van der Waals surface area (Å²) in [5, 5.41) is 11.8. The number of furan rings is 1. The molecule has 1 aromatic heterocycles. The zero-order chi connectivity index (χ0) is 24.1. The van der Waals surface area contributed by atoms with Crippen molar-refractivity contribution in [3.8, 4) is 17.1 Å². The molecule has 2 heterocycles. The number of nitro groups is 1. The van der Waals surface area contributed by atoms with Crippen molar-refractivity contribution in [3.05, 3.63) is 94.1 Å². The molecule has 8 nitrogen and oxygen atoms in total. The Kier molecular flexibility index (Phi) is 6.93. The number of carbonyl (C=O) groups excluding carboxylic acids is 1. The predicted molar refractivity (Wildman–Crippen MR) is 133 cm³/mol. The van der Waals surface area contributed by atoms with Crippen LogP contribution in [0.15, 0.2) is 87.6 Å². The van der Waals surface area contributed by atoms with Crippen LogP contribution in [0.5, 0.6) is 5.75 Å². The number of carbonyl (C=O) groups is 1. The molecule has 4 rings (SSSR count). The minimum absolute atomic E-state index is 0.0516. The Labute approximate surface area is 200 Å². The van der Waals surface area contributed by atoms with Crippen LogP contribution >= 0.6 is 11.8 Å². The van der Waals surface area contributed by atoms with Gasteiger partial charge in [0.05, 0.1) is 27.7 Å². The summed E-state index contributed by atoms with van der Waals surface area (Å²) < 4.78 is 11.3. The van der Waals surface area contributed by atoms with Crippen LogP contribution < -0.4 is 4.74 Å². The van der Waals surface area contributed by atoms with E-state index in [1.54, 1.807) is 42.5 Å². The topological polar surface area (TPSA) is 98.2 Å². The maximum absolute atomic E-state index is 13.0. The molecule has 0 bridgehead atoms. The van der Waals surface area contributed by atoms with E-state index in [4.69, 9.17) is 9.15 Å². The van der Waals surface area contributed by atoms with Gasteiger partial charge in [-0.1, -0.05) is 18.2 Å². The first-order chi connectivity index (χ1) is 16.5. The van der Waals surface area contributed by atoms with Crippen LogP contribution in [0.25, 0.3) is 17.4 Å². The van der Waals surface area contributed by atoms with E-state index in [0.717, 1.165) is 5.75 Å². The molecule has 2 aromatic carbocycles. The Morgan fingerprint density at radius 2 is 1.94 bits per heavy atom. The SMILES string of the molecule is C=CCN1C(=O)/C(=C/c2ccc(-c3ccccc3[N+](=O)[O-])o2)SC1=Nc1ccc(OCC)cc1. The van der Waals surface area contributed by atoms with E-state index in [0.29, 0.717) is 46.0 Å². The molecule has 0 atom stereocenters. The van der Waals surface area contributed by atoms with E-state index >= 15 is 0 Å². The summed E-state index contributed by atoms with van der Waals surface area (Å²) in [6.07, 6.45) is 3.25. The molecule has 34 heavy (non-hydrogen) atoms. The summed E-state index contributed by atoms with van der Waals surface area (Å²) in [6, 6.07) is 17.0. The highest BCUT2D eigenvalue weighted by atomic mass is 32.2. The molecule has 0 spiro atoms. The molecule has 1 fully saturated rings. The largest absolute Gasteiger partial charge is 0.494 e. The molecule has 9 heteroatoms. The van der Waals surface area contributed by atoms with Crippen molar-refractivity contribution >= 4 is 40.3 Å². The second kappa shape index (κ2) is 10.2. The van der Waals surface area contributed by atoms with Gasteiger partial charge in [0.2, 0.25) is 0 Å². The first-order valence-electron chi connectivity index (χ1n) is 10.5. The minimum atomic E-state index is -0.455. The van der Waals surface area contributed by atoms with E-state index in [-0.39, 0.29) is 11.6 Å². The summed E-state index contributed by atoms with van der Waals surface area (Å²) in [4.78, 5) is 30.5. The number of amides is 1. The number of hydrogen-bond acceptors (Lipinski definition) is 7. The molecule has 0 aliphatic carbocycles. The number of amidine groups is 1. The van der Waals surface area contributed by atoms with Crippen LogP contribution in [-0.4, -0.2) is 34.0 Å². The summed E-state index contributed by atoms with van der Waals surface area (Å²) in [7, 11) is 0. The Morgan fingerprint density at radius 1 is 1.18 bits per heavy atom. The van der Waals surface area contributed by atoms with Crippen molar-refractivity contribution in [2.45, 2.75) is 6.92 Å². The lowest BCUT2D eigenvalue weighted by molar-refractivity contribution is -0.384. The van der Waals surface area contributed by atoms with Gasteiger partial charge >= 0.3 is 0 Å². The molecule has 3 aromatic rings. The molecule has 0 radical (unpaired) electrons. The molecule has 0 unspecified atom stereocenters. The van der Waals surface area contributed by atoms with Crippen LogP contribution in [0.1, 0.15) is 12.7 Å². The fraction of sp³-hybridized carbons (Fsp3) is 0.120. The number of ether oxygens (including phenoxy) is 1. The second-order valence-electron chi connectivity index (χ2n) is 7.11. The second-order valence-corrected chi connectivity index (χ2v) is 8.12. The van der Waals surface area contributed by atoms with Crippen molar-refractivity contribution in [1.29, 1.82) is 0 Å². The lowest BCUT2D eigenvalue weighted by Crippen LogP contribution is -2.29. The summed E-state index contributed by atoms with van der Waals surface area (Å²) >= 11 is 1.22. The van der Waals surface area contributed by atoms with Gasteiger partial charge in [0.15, 0.2) is 5.17 Å². The standard InChI is InChI=1S/C25H21N3O5S/c1-3-15-27-24(29)23(34-25(27)26-17-9-11-18(12-10-17)32-4-2)16-19-13-14-22(33-19)20-7-5-6-8-21(20)28(30)31/h3,5-14,16H,1,4,15H2,2H3/b23-16-,26-25?. The quantitative estimate of drug-likeness (QED) is 0.170. The van der Waals surface area contributed by atoms with Crippen molar-refractivity contribution in [2.24, 2.45) is 4.99 Å². The van der Waals surface area contributed by atoms with Crippen molar-refractivity contribution in [1.82, 2.24) is 4.90 Å². The molecule has 1 aliphatic heterocycles. The lowest BCUT2D eigenvalue weighted by Gasteiger charge is -2.12. The van der Waals surface area contributed by atoms with Gasteiger partial charge in [-0.05, 0) is 61.2 Å².